The molecule has 2 aliphatic rings. The fourth-order valence-corrected chi connectivity index (χ4v) is 4.20. The standard InChI is InChI=1S/C15H17N5O5S2/c1-6(2)25-19-9(8-5-27-15(16)17-8)11(21)18-10-12(22)20-3-7(14(23)24)4-26-13(10)20/h3,5-6,10,13H,4H2,1-2H3,(H2,16,17)(H,18,21)(H,23,24)/t10?,13-/m1/s1. The Bertz CT molecular complexity index is 849. The molecule has 2 amide bonds. The van der Waals surface area contributed by atoms with Crippen LogP contribution in [-0.4, -0.2) is 61.8 Å². The van der Waals surface area contributed by atoms with Crippen molar-refractivity contribution in [3.05, 3.63) is 22.8 Å². The lowest BCUT2D eigenvalue weighted by Crippen LogP contribution is -2.69. The van der Waals surface area contributed by atoms with Gasteiger partial charge in [-0.05, 0) is 13.8 Å². The average Bonchev–Trinajstić information content (AvgIpc) is 3.04. The number of nitrogen functional groups attached to an aromatic ring is 1. The van der Waals surface area contributed by atoms with Gasteiger partial charge in [-0.15, -0.1) is 23.1 Å². The number of carbonyl (C=O) groups excluding carboxylic acids is 2. The maximum Gasteiger partial charge on any atom is 0.333 e. The molecule has 0 aromatic carbocycles. The van der Waals surface area contributed by atoms with Crippen LogP contribution in [0.1, 0.15) is 19.5 Å². The largest absolute Gasteiger partial charge is 0.478 e. The van der Waals surface area contributed by atoms with Gasteiger partial charge in [0, 0.05) is 17.3 Å². The highest BCUT2D eigenvalue weighted by atomic mass is 32.2. The molecule has 0 saturated carbocycles. The number of amides is 2. The normalized spacial score (nSPS) is 22.0. The number of β-lactam (4-membered cyclic amide) rings is 1. The van der Waals surface area contributed by atoms with E-state index in [2.05, 4.69) is 15.5 Å². The number of aromatic nitrogens is 1. The first-order valence-corrected chi connectivity index (χ1v) is 9.84. The number of thioether (sulfide) groups is 1. The topological polar surface area (TPSA) is 147 Å². The Balaban J connectivity index is 1.74. The summed E-state index contributed by atoms with van der Waals surface area (Å²) in [6.07, 6.45) is 1.06. The van der Waals surface area contributed by atoms with Gasteiger partial charge in [0.1, 0.15) is 23.2 Å². The lowest BCUT2D eigenvalue weighted by atomic mass is 10.1. The number of rotatable bonds is 6. The quantitative estimate of drug-likeness (QED) is 0.342. The Morgan fingerprint density at radius 1 is 1.52 bits per heavy atom. The minimum atomic E-state index is -1.07. The van der Waals surface area contributed by atoms with Crippen molar-refractivity contribution in [1.29, 1.82) is 0 Å². The first kappa shape index (κ1) is 19.2. The average molecular weight is 411 g/mol. The van der Waals surface area contributed by atoms with Crippen molar-refractivity contribution >= 4 is 51.7 Å². The highest BCUT2D eigenvalue weighted by Crippen LogP contribution is 2.36. The van der Waals surface area contributed by atoms with E-state index in [1.54, 1.807) is 19.2 Å². The Hall–Kier alpha value is -2.60. The molecule has 10 nitrogen and oxygen atoms in total. The van der Waals surface area contributed by atoms with Crippen molar-refractivity contribution in [3.8, 4) is 0 Å². The zero-order valence-corrected chi connectivity index (χ0v) is 16.0. The summed E-state index contributed by atoms with van der Waals surface area (Å²) in [6, 6.07) is -0.783. The Labute approximate surface area is 162 Å². The number of thiazole rings is 1. The fourth-order valence-electron chi connectivity index (χ4n) is 2.40. The van der Waals surface area contributed by atoms with Crippen molar-refractivity contribution in [3.63, 3.8) is 0 Å². The first-order valence-electron chi connectivity index (χ1n) is 7.91. The molecule has 1 saturated heterocycles. The van der Waals surface area contributed by atoms with Crippen molar-refractivity contribution in [2.24, 2.45) is 5.16 Å². The van der Waals surface area contributed by atoms with Crippen molar-refractivity contribution < 1.29 is 24.3 Å². The lowest BCUT2D eigenvalue weighted by molar-refractivity contribution is -0.144. The lowest BCUT2D eigenvalue weighted by Gasteiger charge is -2.46. The van der Waals surface area contributed by atoms with Crippen LogP contribution in [0.25, 0.3) is 0 Å². The molecule has 1 aromatic rings. The molecule has 27 heavy (non-hydrogen) atoms. The predicted octanol–water partition coefficient (Wildman–Crippen LogP) is 0.223. The van der Waals surface area contributed by atoms with E-state index in [9.17, 15) is 14.4 Å². The molecule has 1 unspecified atom stereocenters. The molecule has 0 radical (unpaired) electrons. The van der Waals surface area contributed by atoms with E-state index < -0.39 is 17.9 Å². The van der Waals surface area contributed by atoms with E-state index >= 15 is 0 Å². The monoisotopic (exact) mass is 411 g/mol. The van der Waals surface area contributed by atoms with Crippen molar-refractivity contribution in [2.45, 2.75) is 31.4 Å². The van der Waals surface area contributed by atoms with Gasteiger partial charge in [-0.25, -0.2) is 9.78 Å². The van der Waals surface area contributed by atoms with Crippen LogP contribution in [0.2, 0.25) is 0 Å². The Morgan fingerprint density at radius 2 is 2.26 bits per heavy atom. The summed E-state index contributed by atoms with van der Waals surface area (Å²) in [6.45, 7) is 3.51. The molecular weight excluding hydrogens is 394 g/mol. The minimum absolute atomic E-state index is 0.0783. The number of nitrogens with one attached hydrogen (secondary N) is 1. The second-order valence-corrected chi connectivity index (χ2v) is 8.02. The molecule has 2 aliphatic heterocycles. The smallest absolute Gasteiger partial charge is 0.333 e. The molecule has 12 heteroatoms. The zero-order chi connectivity index (χ0) is 19.7. The number of aliphatic carboxylic acids is 1. The van der Waals surface area contributed by atoms with E-state index in [4.69, 9.17) is 15.7 Å². The number of nitrogens with zero attached hydrogens (tertiary/aromatic N) is 3. The maximum absolute atomic E-state index is 12.7. The zero-order valence-electron chi connectivity index (χ0n) is 14.4. The number of nitrogens with two attached hydrogens (primary N) is 1. The van der Waals surface area contributed by atoms with Gasteiger partial charge in [-0.1, -0.05) is 5.16 Å². The van der Waals surface area contributed by atoms with Gasteiger partial charge in [-0.3, -0.25) is 9.59 Å². The van der Waals surface area contributed by atoms with Crippen LogP contribution < -0.4 is 11.1 Å². The number of oxime groups is 1. The summed E-state index contributed by atoms with van der Waals surface area (Å²) in [5.74, 6) is -1.83. The number of hydrogen-bond donors (Lipinski definition) is 3. The van der Waals surface area contributed by atoms with Gasteiger partial charge in [-0.2, -0.15) is 0 Å². The summed E-state index contributed by atoms with van der Waals surface area (Å²) < 4.78 is 0. The SMILES string of the molecule is CC(C)ON=C(C(=O)NC1C(=O)N2C=C(C(=O)O)CS[C@H]12)c1csc(N)n1. The van der Waals surface area contributed by atoms with Crippen LogP contribution >= 0.6 is 23.1 Å². The molecule has 4 N–H and O–H groups in total. The summed E-state index contributed by atoms with van der Waals surface area (Å²) in [5.41, 5.74) is 5.93. The third-order valence-electron chi connectivity index (χ3n) is 3.68. The molecule has 2 atom stereocenters. The molecule has 144 valence electrons. The minimum Gasteiger partial charge on any atom is -0.478 e. The molecule has 0 spiro atoms. The third kappa shape index (κ3) is 3.90. The summed E-state index contributed by atoms with van der Waals surface area (Å²) in [5, 5.41) is 17.0. The van der Waals surface area contributed by atoms with Crippen LogP contribution in [-0.2, 0) is 19.2 Å². The van der Waals surface area contributed by atoms with Gasteiger partial charge in [0.2, 0.25) is 0 Å². The van der Waals surface area contributed by atoms with E-state index in [-0.39, 0.29) is 45.2 Å². The van der Waals surface area contributed by atoms with E-state index in [1.165, 1.54) is 22.9 Å². The number of carbonyl (C=O) groups is 3. The highest BCUT2D eigenvalue weighted by Gasteiger charge is 2.50. The summed E-state index contributed by atoms with van der Waals surface area (Å²) in [7, 11) is 0. The van der Waals surface area contributed by atoms with E-state index in [0.29, 0.717) is 0 Å². The van der Waals surface area contributed by atoms with Gasteiger partial charge in [0.05, 0.1) is 5.57 Å². The summed E-state index contributed by atoms with van der Waals surface area (Å²) in [4.78, 5) is 46.5. The second-order valence-electron chi connectivity index (χ2n) is 6.02. The number of carboxylic acids is 1. The van der Waals surface area contributed by atoms with Crippen molar-refractivity contribution in [1.82, 2.24) is 15.2 Å². The first-order chi connectivity index (χ1) is 12.8. The third-order valence-corrected chi connectivity index (χ3v) is 5.67. The van der Waals surface area contributed by atoms with Crippen LogP contribution in [0, 0.1) is 0 Å². The van der Waals surface area contributed by atoms with Crippen LogP contribution in [0.4, 0.5) is 5.13 Å². The number of fused-ring (bicyclic) bond motifs is 1. The van der Waals surface area contributed by atoms with Crippen LogP contribution in [0.3, 0.4) is 0 Å². The molecule has 3 heterocycles. The van der Waals surface area contributed by atoms with E-state index in [1.807, 2.05) is 0 Å². The van der Waals surface area contributed by atoms with Gasteiger partial charge < -0.3 is 25.9 Å². The predicted molar refractivity (Wildman–Crippen MR) is 100 cm³/mol. The maximum atomic E-state index is 12.7. The van der Waals surface area contributed by atoms with Gasteiger partial charge >= 0.3 is 5.97 Å². The molecule has 1 fully saturated rings. The Morgan fingerprint density at radius 3 is 2.85 bits per heavy atom. The van der Waals surface area contributed by atoms with E-state index in [0.717, 1.165) is 11.3 Å². The molecule has 0 bridgehead atoms. The number of anilines is 1. The van der Waals surface area contributed by atoms with Gasteiger partial charge in [0.15, 0.2) is 10.8 Å². The Kier molecular flexibility index (Phi) is 5.37. The number of carboxylic acid groups (broad SMARTS) is 1. The van der Waals surface area contributed by atoms with Crippen LogP contribution in [0.5, 0.6) is 0 Å². The summed E-state index contributed by atoms with van der Waals surface area (Å²) >= 11 is 2.42. The number of hydrogen-bond acceptors (Lipinski definition) is 9. The van der Waals surface area contributed by atoms with Crippen LogP contribution in [0.15, 0.2) is 22.3 Å². The molecular formula is C15H17N5O5S2. The van der Waals surface area contributed by atoms with Crippen molar-refractivity contribution in [2.75, 3.05) is 11.5 Å². The highest BCUT2D eigenvalue weighted by molar-refractivity contribution is 8.00. The second kappa shape index (κ2) is 7.56. The molecule has 1 aromatic heterocycles. The molecule has 3 rings (SSSR count). The van der Waals surface area contributed by atoms with Gasteiger partial charge in [0.25, 0.3) is 11.8 Å². The molecule has 0 aliphatic carbocycles. The fraction of sp³-hybridized carbons (Fsp3) is 0.400.